The van der Waals surface area contributed by atoms with Gasteiger partial charge >= 0.3 is 5.69 Å². The van der Waals surface area contributed by atoms with Crippen molar-refractivity contribution in [1.29, 1.82) is 0 Å². The Morgan fingerprint density at radius 2 is 2.13 bits per heavy atom. The van der Waals surface area contributed by atoms with Crippen LogP contribution in [0, 0.1) is 11.8 Å². The van der Waals surface area contributed by atoms with Crippen LogP contribution >= 0.6 is 0 Å². The van der Waals surface area contributed by atoms with Crippen LogP contribution in [0.15, 0.2) is 21.9 Å². The third kappa shape index (κ3) is 1.26. The molecular weight excluding hydrogens is 196 g/mol. The summed E-state index contributed by atoms with van der Waals surface area (Å²) in [5, 5.41) is 9.63. The summed E-state index contributed by atoms with van der Waals surface area (Å²) in [7, 11) is 0. The molecule has 5 heteroatoms. The maximum atomic E-state index is 11.5. The highest BCUT2D eigenvalue weighted by atomic mass is 16.3. The molecule has 0 radical (unpaired) electrons. The molecule has 2 saturated carbocycles. The molecule has 4 atom stereocenters. The monoisotopic (exact) mass is 208 g/mol. The molecule has 3 rings (SSSR count). The molecule has 2 aliphatic rings. The van der Waals surface area contributed by atoms with Gasteiger partial charge in [-0.25, -0.2) is 4.79 Å². The number of nitrogens with zero attached hydrogens (tertiary/aromatic N) is 1. The van der Waals surface area contributed by atoms with Gasteiger partial charge in [0.2, 0.25) is 0 Å². The molecular formula is C10H12N2O3. The lowest BCUT2D eigenvalue weighted by Crippen LogP contribution is -2.32. The molecule has 1 heterocycles. The first-order valence-electron chi connectivity index (χ1n) is 5.16. The van der Waals surface area contributed by atoms with Gasteiger partial charge in [0.05, 0.1) is 6.10 Å². The molecule has 1 aromatic heterocycles. The maximum Gasteiger partial charge on any atom is 0.328 e. The largest absolute Gasteiger partial charge is 0.393 e. The van der Waals surface area contributed by atoms with Crippen LogP contribution in [0.4, 0.5) is 0 Å². The second-order valence-corrected chi connectivity index (χ2v) is 4.45. The van der Waals surface area contributed by atoms with Crippen LogP contribution < -0.4 is 11.2 Å². The fraction of sp³-hybridized carbons (Fsp3) is 0.600. The second kappa shape index (κ2) is 2.82. The minimum absolute atomic E-state index is 0.0642. The molecule has 15 heavy (non-hydrogen) atoms. The standard InChI is InChI=1S/C10H12N2O3/c13-8-4-7(5-3-6(5)8)12-2-1-9(14)11-10(12)15/h1-2,5-8,13H,3-4H2,(H,11,14,15). The maximum absolute atomic E-state index is 11.5. The van der Waals surface area contributed by atoms with Crippen LogP contribution in [0.25, 0.3) is 0 Å². The van der Waals surface area contributed by atoms with Crippen LogP contribution in [0.1, 0.15) is 18.9 Å². The van der Waals surface area contributed by atoms with E-state index in [1.807, 2.05) is 0 Å². The van der Waals surface area contributed by atoms with Crippen molar-refractivity contribution in [3.05, 3.63) is 33.1 Å². The lowest BCUT2D eigenvalue weighted by Gasteiger charge is -2.15. The van der Waals surface area contributed by atoms with E-state index in [4.69, 9.17) is 0 Å². The SMILES string of the molecule is O=c1ccn(C2CC(O)C3CC32)c(=O)[nH]1. The van der Waals surface area contributed by atoms with Gasteiger partial charge in [0, 0.05) is 18.3 Å². The number of aliphatic hydroxyl groups is 1. The van der Waals surface area contributed by atoms with E-state index in [2.05, 4.69) is 4.98 Å². The molecule has 2 aliphatic carbocycles. The minimum atomic E-state index is -0.373. The van der Waals surface area contributed by atoms with E-state index in [1.54, 1.807) is 4.57 Å². The fourth-order valence-electron chi connectivity index (χ4n) is 2.73. The van der Waals surface area contributed by atoms with E-state index in [0.29, 0.717) is 18.3 Å². The lowest BCUT2D eigenvalue weighted by molar-refractivity contribution is 0.151. The Morgan fingerprint density at radius 3 is 2.67 bits per heavy atom. The van der Waals surface area contributed by atoms with Gasteiger partial charge in [-0.3, -0.25) is 14.3 Å². The number of rotatable bonds is 1. The molecule has 5 nitrogen and oxygen atoms in total. The number of aromatic nitrogens is 2. The quantitative estimate of drug-likeness (QED) is 0.652. The van der Waals surface area contributed by atoms with Gasteiger partial charge < -0.3 is 5.11 Å². The first-order valence-corrected chi connectivity index (χ1v) is 5.16. The van der Waals surface area contributed by atoms with Crippen LogP contribution in [0.5, 0.6) is 0 Å². The summed E-state index contributed by atoms with van der Waals surface area (Å²) in [6, 6.07) is 1.41. The highest BCUT2D eigenvalue weighted by molar-refractivity contribution is 5.06. The molecule has 0 amide bonds. The van der Waals surface area contributed by atoms with E-state index in [-0.39, 0.29) is 23.4 Å². The van der Waals surface area contributed by atoms with E-state index in [9.17, 15) is 14.7 Å². The van der Waals surface area contributed by atoms with Gasteiger partial charge in [-0.1, -0.05) is 0 Å². The molecule has 2 N–H and O–H groups in total. The predicted octanol–water partition coefficient (Wildman–Crippen LogP) is -0.522. The van der Waals surface area contributed by atoms with Crippen molar-refractivity contribution in [3.8, 4) is 0 Å². The van der Waals surface area contributed by atoms with Crippen molar-refractivity contribution in [2.24, 2.45) is 11.8 Å². The van der Waals surface area contributed by atoms with Crippen molar-refractivity contribution in [3.63, 3.8) is 0 Å². The molecule has 0 spiro atoms. The van der Waals surface area contributed by atoms with Crippen LogP contribution in [0.2, 0.25) is 0 Å². The Bertz CT molecular complexity index is 504. The number of aliphatic hydroxyl groups excluding tert-OH is 1. The molecule has 0 aromatic carbocycles. The van der Waals surface area contributed by atoms with Crippen molar-refractivity contribution in [1.82, 2.24) is 9.55 Å². The number of fused-ring (bicyclic) bond motifs is 1. The Hall–Kier alpha value is -1.36. The Kier molecular flexibility index (Phi) is 1.68. The lowest BCUT2D eigenvalue weighted by atomic mass is 10.1. The van der Waals surface area contributed by atoms with Crippen molar-refractivity contribution in [2.45, 2.75) is 25.0 Å². The van der Waals surface area contributed by atoms with E-state index < -0.39 is 0 Å². The number of H-pyrrole nitrogens is 1. The van der Waals surface area contributed by atoms with E-state index >= 15 is 0 Å². The predicted molar refractivity (Wildman–Crippen MR) is 52.6 cm³/mol. The number of aromatic amines is 1. The zero-order valence-corrected chi connectivity index (χ0v) is 8.09. The van der Waals surface area contributed by atoms with Crippen molar-refractivity contribution < 1.29 is 5.11 Å². The average Bonchev–Trinajstić information content (AvgIpc) is 2.89. The number of nitrogens with one attached hydrogen (secondary N) is 1. The highest BCUT2D eigenvalue weighted by Gasteiger charge is 2.54. The molecule has 2 fully saturated rings. The normalized spacial score (nSPS) is 37.7. The van der Waals surface area contributed by atoms with E-state index in [1.165, 1.54) is 12.3 Å². The molecule has 4 unspecified atom stereocenters. The van der Waals surface area contributed by atoms with Crippen LogP contribution in [0.3, 0.4) is 0 Å². The van der Waals surface area contributed by atoms with E-state index in [0.717, 1.165) is 6.42 Å². The van der Waals surface area contributed by atoms with Crippen LogP contribution in [-0.2, 0) is 0 Å². The first-order chi connectivity index (χ1) is 7.16. The van der Waals surface area contributed by atoms with Gasteiger partial charge in [0.1, 0.15) is 0 Å². The number of hydrogen-bond acceptors (Lipinski definition) is 3. The minimum Gasteiger partial charge on any atom is -0.393 e. The van der Waals surface area contributed by atoms with Gasteiger partial charge in [0.15, 0.2) is 0 Å². The summed E-state index contributed by atoms with van der Waals surface area (Å²) < 4.78 is 1.54. The molecule has 0 saturated heterocycles. The smallest absolute Gasteiger partial charge is 0.328 e. The van der Waals surface area contributed by atoms with Gasteiger partial charge in [-0.15, -0.1) is 0 Å². The average molecular weight is 208 g/mol. The topological polar surface area (TPSA) is 75.1 Å². The molecule has 1 aromatic rings. The number of hydrogen-bond donors (Lipinski definition) is 2. The van der Waals surface area contributed by atoms with Crippen molar-refractivity contribution in [2.75, 3.05) is 0 Å². The zero-order chi connectivity index (χ0) is 10.6. The van der Waals surface area contributed by atoms with Gasteiger partial charge in [-0.2, -0.15) is 0 Å². The summed E-state index contributed by atoms with van der Waals surface area (Å²) in [6.45, 7) is 0. The summed E-state index contributed by atoms with van der Waals surface area (Å²) in [4.78, 5) is 24.7. The summed E-state index contributed by atoms with van der Waals surface area (Å²) in [5.74, 6) is 0.789. The first kappa shape index (κ1) is 8.91. The molecule has 0 aliphatic heterocycles. The van der Waals surface area contributed by atoms with Crippen LogP contribution in [-0.4, -0.2) is 20.8 Å². The fourth-order valence-corrected chi connectivity index (χ4v) is 2.73. The Labute approximate surface area is 85.4 Å². The summed E-state index contributed by atoms with van der Waals surface area (Å²) in [5.41, 5.74) is -0.741. The highest BCUT2D eigenvalue weighted by Crippen LogP contribution is 2.56. The third-order valence-corrected chi connectivity index (χ3v) is 3.57. The summed E-state index contributed by atoms with van der Waals surface area (Å²) in [6.07, 6.45) is 2.87. The van der Waals surface area contributed by atoms with Gasteiger partial charge in [0.25, 0.3) is 5.56 Å². The molecule has 80 valence electrons. The Balaban J connectivity index is 2.00. The second-order valence-electron chi connectivity index (χ2n) is 4.45. The summed E-state index contributed by atoms with van der Waals surface area (Å²) >= 11 is 0. The third-order valence-electron chi connectivity index (χ3n) is 3.57. The van der Waals surface area contributed by atoms with Crippen molar-refractivity contribution >= 4 is 0 Å². The zero-order valence-electron chi connectivity index (χ0n) is 8.09. The molecule has 0 bridgehead atoms. The van der Waals surface area contributed by atoms with Gasteiger partial charge in [-0.05, 0) is 24.7 Å². The Morgan fingerprint density at radius 1 is 1.33 bits per heavy atom.